The smallest absolute Gasteiger partial charge is 0.227 e. The largest absolute Gasteiger partial charge is 0.339 e. The van der Waals surface area contributed by atoms with Crippen LogP contribution in [0.5, 0.6) is 0 Å². The minimum Gasteiger partial charge on any atom is -0.339 e. The zero-order valence-electron chi connectivity index (χ0n) is 10.6. The first-order valence-corrected chi connectivity index (χ1v) is 8.18. The van der Waals surface area contributed by atoms with Crippen molar-refractivity contribution in [1.82, 2.24) is 10.1 Å². The Bertz CT molecular complexity index is 560. The molecule has 2 aromatic heterocycles. The molecule has 0 radical (unpaired) electrons. The molecule has 0 saturated heterocycles. The van der Waals surface area contributed by atoms with Gasteiger partial charge in [0.05, 0.1) is 5.54 Å². The van der Waals surface area contributed by atoms with Crippen LogP contribution in [0.4, 0.5) is 0 Å². The van der Waals surface area contributed by atoms with Crippen LogP contribution in [0.2, 0.25) is 0 Å². The second-order valence-electron chi connectivity index (χ2n) is 5.11. The van der Waals surface area contributed by atoms with Crippen molar-refractivity contribution in [2.75, 3.05) is 0 Å². The fourth-order valence-electron chi connectivity index (χ4n) is 2.50. The molecule has 102 valence electrons. The minimum atomic E-state index is -0.353. The Morgan fingerprint density at radius 1 is 1.37 bits per heavy atom. The van der Waals surface area contributed by atoms with Crippen LogP contribution in [0.15, 0.2) is 20.4 Å². The quantitative estimate of drug-likeness (QED) is 0.925. The molecule has 1 aliphatic carbocycles. The molecule has 1 aliphatic rings. The molecule has 0 bridgehead atoms. The molecule has 1 saturated carbocycles. The van der Waals surface area contributed by atoms with Gasteiger partial charge in [0.2, 0.25) is 5.89 Å². The van der Waals surface area contributed by atoms with Crippen LogP contribution in [0.3, 0.4) is 0 Å². The molecule has 6 heteroatoms. The lowest BCUT2D eigenvalue weighted by Crippen LogP contribution is -2.34. The number of rotatable bonds is 4. The van der Waals surface area contributed by atoms with Gasteiger partial charge >= 0.3 is 0 Å². The van der Waals surface area contributed by atoms with E-state index in [2.05, 4.69) is 37.5 Å². The van der Waals surface area contributed by atoms with E-state index in [0.717, 1.165) is 43.0 Å². The average molecular weight is 342 g/mol. The van der Waals surface area contributed by atoms with Crippen molar-refractivity contribution in [1.29, 1.82) is 0 Å². The maximum atomic E-state index is 6.32. The van der Waals surface area contributed by atoms with Crippen molar-refractivity contribution >= 4 is 27.3 Å². The molecular weight excluding hydrogens is 326 g/mol. The number of hydrogen-bond acceptors (Lipinski definition) is 5. The minimum absolute atomic E-state index is 0.353. The Balaban J connectivity index is 1.65. The highest BCUT2D eigenvalue weighted by atomic mass is 79.9. The Hall–Kier alpha value is -0.720. The molecule has 3 rings (SSSR count). The Labute approximate surface area is 124 Å². The lowest BCUT2D eigenvalue weighted by Gasteiger charge is -2.17. The number of nitrogens with two attached hydrogens (primary N) is 1. The third kappa shape index (κ3) is 2.90. The lowest BCUT2D eigenvalue weighted by molar-refractivity contribution is 0.348. The molecule has 0 aliphatic heterocycles. The first-order chi connectivity index (χ1) is 9.16. The molecule has 1 fully saturated rings. The summed E-state index contributed by atoms with van der Waals surface area (Å²) in [6, 6.07) is 2.13. The van der Waals surface area contributed by atoms with Gasteiger partial charge in [0, 0.05) is 21.2 Å². The highest BCUT2D eigenvalue weighted by molar-refractivity contribution is 9.10. The van der Waals surface area contributed by atoms with E-state index in [1.165, 1.54) is 4.88 Å². The fraction of sp³-hybridized carbons (Fsp3) is 0.538. The van der Waals surface area contributed by atoms with Crippen LogP contribution in [0.1, 0.15) is 42.3 Å². The summed E-state index contributed by atoms with van der Waals surface area (Å²) in [6.07, 6.45) is 5.94. The van der Waals surface area contributed by atoms with E-state index in [1.807, 2.05) is 0 Å². The van der Waals surface area contributed by atoms with Crippen LogP contribution in [0, 0.1) is 0 Å². The van der Waals surface area contributed by atoms with Crippen molar-refractivity contribution in [2.24, 2.45) is 5.73 Å². The van der Waals surface area contributed by atoms with Gasteiger partial charge in [0.15, 0.2) is 5.82 Å². The zero-order chi connectivity index (χ0) is 13.3. The van der Waals surface area contributed by atoms with Crippen molar-refractivity contribution in [3.63, 3.8) is 0 Å². The van der Waals surface area contributed by atoms with Gasteiger partial charge in [-0.05, 0) is 41.3 Å². The fourth-order valence-corrected chi connectivity index (χ4v) is 3.96. The SMILES string of the molecule is NC1(c2noc(CCc3cc(Br)cs3)n2)CCCC1. The Morgan fingerprint density at radius 3 is 2.84 bits per heavy atom. The van der Waals surface area contributed by atoms with Crippen molar-refractivity contribution in [3.05, 3.63) is 32.5 Å². The van der Waals surface area contributed by atoms with Gasteiger partial charge < -0.3 is 10.3 Å². The second kappa shape index (κ2) is 5.34. The Kier molecular flexibility index (Phi) is 3.73. The summed E-state index contributed by atoms with van der Waals surface area (Å²) in [5, 5.41) is 6.16. The summed E-state index contributed by atoms with van der Waals surface area (Å²) < 4.78 is 6.45. The summed E-state index contributed by atoms with van der Waals surface area (Å²) in [4.78, 5) is 5.79. The predicted molar refractivity (Wildman–Crippen MR) is 78.1 cm³/mol. The van der Waals surface area contributed by atoms with E-state index in [-0.39, 0.29) is 5.54 Å². The lowest BCUT2D eigenvalue weighted by atomic mass is 9.99. The summed E-state index contributed by atoms with van der Waals surface area (Å²) in [6.45, 7) is 0. The number of halogens is 1. The molecule has 0 aromatic carbocycles. The molecule has 4 nitrogen and oxygen atoms in total. The molecule has 0 unspecified atom stereocenters. The highest BCUT2D eigenvalue weighted by Crippen LogP contribution is 2.34. The standard InChI is InChI=1S/C13H16BrN3OS/c14-9-7-10(19-8-9)3-4-11-16-12(17-18-11)13(15)5-1-2-6-13/h7-8H,1-6,15H2. The van der Waals surface area contributed by atoms with E-state index < -0.39 is 0 Å². The van der Waals surface area contributed by atoms with Gasteiger partial charge in [-0.2, -0.15) is 4.98 Å². The molecule has 2 N–H and O–H groups in total. The normalized spacial score (nSPS) is 18.0. The second-order valence-corrected chi connectivity index (χ2v) is 7.02. The summed E-state index contributed by atoms with van der Waals surface area (Å²) >= 11 is 5.20. The third-order valence-corrected chi connectivity index (χ3v) is 5.37. The summed E-state index contributed by atoms with van der Waals surface area (Å²) in [5.41, 5.74) is 5.96. The Morgan fingerprint density at radius 2 is 2.16 bits per heavy atom. The maximum absolute atomic E-state index is 6.32. The zero-order valence-corrected chi connectivity index (χ0v) is 13.0. The highest BCUT2D eigenvalue weighted by Gasteiger charge is 2.35. The van der Waals surface area contributed by atoms with Gasteiger partial charge in [-0.1, -0.05) is 18.0 Å². The van der Waals surface area contributed by atoms with Crippen molar-refractivity contribution in [2.45, 2.75) is 44.1 Å². The first-order valence-electron chi connectivity index (χ1n) is 6.51. The molecule has 0 spiro atoms. The molecule has 2 heterocycles. The molecular formula is C13H16BrN3OS. The predicted octanol–water partition coefficient (Wildman–Crippen LogP) is 3.41. The number of hydrogen-bond donors (Lipinski definition) is 1. The molecule has 0 atom stereocenters. The summed E-state index contributed by atoms with van der Waals surface area (Å²) in [7, 11) is 0. The van der Waals surface area contributed by atoms with Crippen LogP contribution in [0.25, 0.3) is 0 Å². The summed E-state index contributed by atoms with van der Waals surface area (Å²) in [5.74, 6) is 1.38. The van der Waals surface area contributed by atoms with E-state index in [4.69, 9.17) is 10.3 Å². The van der Waals surface area contributed by atoms with E-state index in [9.17, 15) is 0 Å². The van der Waals surface area contributed by atoms with E-state index >= 15 is 0 Å². The monoisotopic (exact) mass is 341 g/mol. The average Bonchev–Trinajstić information content (AvgIpc) is 3.08. The number of aryl methyl sites for hydroxylation is 2. The van der Waals surface area contributed by atoms with Crippen LogP contribution >= 0.6 is 27.3 Å². The molecule has 2 aromatic rings. The number of thiophene rings is 1. The van der Waals surface area contributed by atoms with Crippen LogP contribution < -0.4 is 5.73 Å². The van der Waals surface area contributed by atoms with Crippen LogP contribution in [-0.2, 0) is 18.4 Å². The van der Waals surface area contributed by atoms with Gasteiger partial charge in [-0.25, -0.2) is 0 Å². The molecule has 19 heavy (non-hydrogen) atoms. The van der Waals surface area contributed by atoms with Gasteiger partial charge in [0.25, 0.3) is 0 Å². The van der Waals surface area contributed by atoms with Crippen LogP contribution in [-0.4, -0.2) is 10.1 Å². The van der Waals surface area contributed by atoms with Gasteiger partial charge in [-0.3, -0.25) is 0 Å². The topological polar surface area (TPSA) is 64.9 Å². The van der Waals surface area contributed by atoms with Gasteiger partial charge in [-0.15, -0.1) is 11.3 Å². The van der Waals surface area contributed by atoms with E-state index in [1.54, 1.807) is 11.3 Å². The molecule has 0 amide bonds. The van der Waals surface area contributed by atoms with Crippen molar-refractivity contribution < 1.29 is 4.52 Å². The van der Waals surface area contributed by atoms with Gasteiger partial charge in [0.1, 0.15) is 0 Å². The maximum Gasteiger partial charge on any atom is 0.227 e. The van der Waals surface area contributed by atoms with Crippen molar-refractivity contribution in [3.8, 4) is 0 Å². The number of nitrogens with zero attached hydrogens (tertiary/aromatic N) is 2. The first kappa shape index (κ1) is 13.3. The van der Waals surface area contributed by atoms with E-state index in [0.29, 0.717) is 11.7 Å². The number of aromatic nitrogens is 2. The third-order valence-electron chi connectivity index (χ3n) is 3.62.